The maximum atomic E-state index is 12.4. The zero-order valence-corrected chi connectivity index (χ0v) is 13.0. The summed E-state index contributed by atoms with van der Waals surface area (Å²) in [6, 6.07) is 11.0. The van der Waals surface area contributed by atoms with Gasteiger partial charge in [-0.15, -0.1) is 5.10 Å². The van der Waals surface area contributed by atoms with Gasteiger partial charge in [0.1, 0.15) is 5.52 Å². The van der Waals surface area contributed by atoms with Crippen LogP contribution in [0.4, 0.5) is 0 Å². The molecule has 8 heteroatoms. The molecule has 0 aliphatic heterocycles. The highest BCUT2D eigenvalue weighted by molar-refractivity contribution is 5.93. The first-order valence-electron chi connectivity index (χ1n) is 7.60. The van der Waals surface area contributed by atoms with Crippen molar-refractivity contribution >= 4 is 22.6 Å². The van der Waals surface area contributed by atoms with Gasteiger partial charge in [0.15, 0.2) is 11.3 Å². The minimum Gasteiger partial charge on any atom is -0.346 e. The number of carbonyl (C=O) groups is 1. The smallest absolute Gasteiger partial charge is 0.272 e. The topological polar surface area (TPSA) is 90.0 Å². The van der Waals surface area contributed by atoms with Crippen LogP contribution in [-0.2, 0) is 6.54 Å². The molecule has 4 rings (SSSR count). The lowest BCUT2D eigenvalue weighted by Crippen LogP contribution is -2.36. The van der Waals surface area contributed by atoms with E-state index in [0.717, 1.165) is 11.0 Å². The summed E-state index contributed by atoms with van der Waals surface area (Å²) in [6.45, 7) is 2.44. The molecular formula is C16H15N7O. The van der Waals surface area contributed by atoms with Crippen molar-refractivity contribution in [2.75, 3.05) is 0 Å². The van der Waals surface area contributed by atoms with Gasteiger partial charge >= 0.3 is 0 Å². The van der Waals surface area contributed by atoms with E-state index >= 15 is 0 Å². The van der Waals surface area contributed by atoms with Crippen LogP contribution >= 0.6 is 0 Å². The number of rotatable bonds is 4. The van der Waals surface area contributed by atoms with E-state index in [0.29, 0.717) is 17.9 Å². The lowest BCUT2D eigenvalue weighted by atomic mass is 10.3. The van der Waals surface area contributed by atoms with Gasteiger partial charge in [-0.25, -0.2) is 14.2 Å². The summed E-state index contributed by atoms with van der Waals surface area (Å²) in [5, 5.41) is 15.4. The largest absolute Gasteiger partial charge is 0.346 e. The number of fused-ring (bicyclic) bond motifs is 2. The normalized spacial score (nSPS) is 12.5. The minimum atomic E-state index is -0.238. The standard InChI is InChI=1S/C16H15N7O/c1-11(10-23-14-6-3-2-5-12(14)19-21-23)18-16(24)13-9-15-17-7-4-8-22(15)20-13/h2-9,11H,10H2,1H3,(H,18,24)/t11-/m1/s1. The Bertz CT molecular complexity index is 986. The van der Waals surface area contributed by atoms with E-state index in [4.69, 9.17) is 0 Å². The Morgan fingerprint density at radius 2 is 2.17 bits per heavy atom. The number of benzene rings is 1. The fourth-order valence-corrected chi connectivity index (χ4v) is 2.60. The van der Waals surface area contributed by atoms with Crippen LogP contribution in [0.25, 0.3) is 16.7 Å². The van der Waals surface area contributed by atoms with Crippen molar-refractivity contribution in [2.24, 2.45) is 0 Å². The Kier molecular flexibility index (Phi) is 3.42. The van der Waals surface area contributed by atoms with E-state index in [1.54, 1.807) is 33.7 Å². The van der Waals surface area contributed by atoms with Gasteiger partial charge in [-0.1, -0.05) is 17.3 Å². The number of hydrogen-bond acceptors (Lipinski definition) is 5. The second kappa shape index (κ2) is 5.73. The van der Waals surface area contributed by atoms with E-state index in [1.165, 1.54) is 0 Å². The maximum absolute atomic E-state index is 12.4. The van der Waals surface area contributed by atoms with Gasteiger partial charge < -0.3 is 5.32 Å². The molecule has 3 heterocycles. The predicted octanol–water partition coefficient (Wildman–Crippen LogP) is 1.29. The molecule has 4 aromatic rings. The van der Waals surface area contributed by atoms with Crippen LogP contribution in [0.15, 0.2) is 48.8 Å². The molecule has 1 N–H and O–H groups in total. The molecule has 3 aromatic heterocycles. The van der Waals surface area contributed by atoms with Crippen LogP contribution < -0.4 is 5.32 Å². The molecule has 1 amide bonds. The van der Waals surface area contributed by atoms with Gasteiger partial charge in [0.25, 0.3) is 5.91 Å². The van der Waals surface area contributed by atoms with Crippen molar-refractivity contribution in [1.82, 2.24) is 34.9 Å². The van der Waals surface area contributed by atoms with Gasteiger partial charge in [0.2, 0.25) is 0 Å². The Labute approximate surface area is 137 Å². The van der Waals surface area contributed by atoms with Crippen molar-refractivity contribution < 1.29 is 4.79 Å². The average Bonchev–Trinajstić information content (AvgIpc) is 3.19. The lowest BCUT2D eigenvalue weighted by Gasteiger charge is -2.13. The van der Waals surface area contributed by atoms with E-state index in [-0.39, 0.29) is 11.9 Å². The van der Waals surface area contributed by atoms with Crippen LogP contribution in [-0.4, -0.2) is 41.5 Å². The Hall–Kier alpha value is -3.29. The highest BCUT2D eigenvalue weighted by atomic mass is 16.2. The molecule has 8 nitrogen and oxygen atoms in total. The van der Waals surface area contributed by atoms with Crippen LogP contribution in [0.3, 0.4) is 0 Å². The quantitative estimate of drug-likeness (QED) is 0.612. The number of amides is 1. The van der Waals surface area contributed by atoms with Gasteiger partial charge in [0.05, 0.1) is 12.1 Å². The maximum Gasteiger partial charge on any atom is 0.272 e. The van der Waals surface area contributed by atoms with E-state index < -0.39 is 0 Å². The van der Waals surface area contributed by atoms with Gasteiger partial charge in [0, 0.05) is 24.5 Å². The first kappa shape index (κ1) is 14.3. The van der Waals surface area contributed by atoms with E-state index in [1.807, 2.05) is 31.2 Å². The van der Waals surface area contributed by atoms with E-state index in [2.05, 4.69) is 25.7 Å². The molecule has 0 aliphatic carbocycles. The SMILES string of the molecule is C[C@H](Cn1nnc2ccccc21)NC(=O)c1cc2ncccn2n1. The molecule has 0 spiro atoms. The number of hydrogen-bond donors (Lipinski definition) is 1. The first-order valence-corrected chi connectivity index (χ1v) is 7.60. The minimum absolute atomic E-state index is 0.125. The van der Waals surface area contributed by atoms with Crippen LogP contribution in [0.2, 0.25) is 0 Å². The summed E-state index contributed by atoms with van der Waals surface area (Å²) in [4.78, 5) is 16.5. The van der Waals surface area contributed by atoms with Gasteiger partial charge in [-0.05, 0) is 25.1 Å². The fraction of sp³-hybridized carbons (Fsp3) is 0.188. The molecular weight excluding hydrogens is 306 g/mol. The monoisotopic (exact) mass is 321 g/mol. The summed E-state index contributed by atoms with van der Waals surface area (Å²) >= 11 is 0. The van der Waals surface area contributed by atoms with Gasteiger partial charge in [-0.3, -0.25) is 4.79 Å². The molecule has 0 bridgehead atoms. The molecule has 120 valence electrons. The second-order valence-corrected chi connectivity index (χ2v) is 5.59. The van der Waals surface area contributed by atoms with Crippen LogP contribution in [0.5, 0.6) is 0 Å². The summed E-state index contributed by atoms with van der Waals surface area (Å²) in [6.07, 6.45) is 3.42. The number of aromatic nitrogens is 6. The van der Waals surface area contributed by atoms with Crippen molar-refractivity contribution in [3.63, 3.8) is 0 Å². The summed E-state index contributed by atoms with van der Waals surface area (Å²) in [5.74, 6) is -0.238. The molecule has 0 saturated carbocycles. The van der Waals surface area contributed by atoms with Crippen molar-refractivity contribution in [1.29, 1.82) is 0 Å². The Balaban J connectivity index is 1.49. The summed E-state index contributed by atoms with van der Waals surface area (Å²) in [5.41, 5.74) is 2.75. The molecule has 0 radical (unpaired) electrons. The summed E-state index contributed by atoms with van der Waals surface area (Å²) in [7, 11) is 0. The lowest BCUT2D eigenvalue weighted by molar-refractivity contribution is 0.0930. The molecule has 0 saturated heterocycles. The van der Waals surface area contributed by atoms with E-state index in [9.17, 15) is 4.79 Å². The third-order valence-corrected chi connectivity index (χ3v) is 3.71. The predicted molar refractivity (Wildman–Crippen MR) is 87.4 cm³/mol. The summed E-state index contributed by atoms with van der Waals surface area (Å²) < 4.78 is 3.36. The van der Waals surface area contributed by atoms with Crippen molar-refractivity contribution in [3.8, 4) is 0 Å². The van der Waals surface area contributed by atoms with Gasteiger partial charge in [-0.2, -0.15) is 5.10 Å². The number of nitrogens with zero attached hydrogens (tertiary/aromatic N) is 6. The fourth-order valence-electron chi connectivity index (χ4n) is 2.60. The highest BCUT2D eigenvalue weighted by Crippen LogP contribution is 2.10. The molecule has 24 heavy (non-hydrogen) atoms. The average molecular weight is 321 g/mol. The van der Waals surface area contributed by atoms with Crippen molar-refractivity contribution in [3.05, 3.63) is 54.5 Å². The van der Waals surface area contributed by atoms with Crippen molar-refractivity contribution in [2.45, 2.75) is 19.5 Å². The zero-order chi connectivity index (χ0) is 16.5. The highest BCUT2D eigenvalue weighted by Gasteiger charge is 2.15. The Morgan fingerprint density at radius 3 is 3.04 bits per heavy atom. The first-order chi connectivity index (χ1) is 11.7. The molecule has 1 atom stereocenters. The molecule has 1 aromatic carbocycles. The number of nitrogens with one attached hydrogen (secondary N) is 1. The zero-order valence-electron chi connectivity index (χ0n) is 13.0. The third kappa shape index (κ3) is 2.58. The third-order valence-electron chi connectivity index (χ3n) is 3.71. The Morgan fingerprint density at radius 1 is 1.29 bits per heavy atom. The molecule has 0 fully saturated rings. The van der Waals surface area contributed by atoms with Crippen LogP contribution in [0.1, 0.15) is 17.4 Å². The van der Waals surface area contributed by atoms with Crippen LogP contribution in [0, 0.1) is 0 Å². The number of para-hydroxylation sites is 1. The molecule has 0 aliphatic rings. The molecule has 0 unspecified atom stereocenters. The second-order valence-electron chi connectivity index (χ2n) is 5.59. The number of carbonyl (C=O) groups excluding carboxylic acids is 1.